The molecule has 1 aromatic carbocycles. The normalized spacial score (nSPS) is 18.0. The summed E-state index contributed by atoms with van der Waals surface area (Å²) in [7, 11) is 0. The van der Waals surface area contributed by atoms with Gasteiger partial charge in [-0.25, -0.2) is 4.79 Å². The van der Waals surface area contributed by atoms with Gasteiger partial charge >= 0.3 is 17.9 Å². The van der Waals surface area contributed by atoms with Gasteiger partial charge in [0, 0.05) is 20.1 Å². The zero-order chi connectivity index (χ0) is 18.8. The minimum atomic E-state index is -1.27. The monoisotopic (exact) mass is 347 g/mol. The number of aliphatic imine (C=N–C) groups is 1. The van der Waals surface area contributed by atoms with E-state index in [-0.39, 0.29) is 0 Å². The molecular weight excluding hydrogens is 326 g/mol. The molecule has 1 aliphatic heterocycles. The van der Waals surface area contributed by atoms with Crippen LogP contribution >= 0.6 is 0 Å². The molecule has 0 N–H and O–H groups in total. The maximum Gasteiger partial charge on any atom is 0.338 e. The lowest BCUT2D eigenvalue weighted by Gasteiger charge is -2.31. The summed E-state index contributed by atoms with van der Waals surface area (Å²) in [5.74, 6) is -4.35. The second-order valence-electron chi connectivity index (χ2n) is 7.05. The SMILES string of the molecule is CC(C)(C)OC(=O)c1ccc(N=CC2C(=O)OC(C)(C)OC2=O)cc1. The van der Waals surface area contributed by atoms with E-state index >= 15 is 0 Å². The van der Waals surface area contributed by atoms with Crippen LogP contribution in [0.15, 0.2) is 29.3 Å². The molecule has 0 aliphatic carbocycles. The molecule has 7 heteroatoms. The molecule has 134 valence electrons. The lowest BCUT2D eigenvalue weighted by atomic mass is 10.1. The number of nitrogens with zero attached hydrogens (tertiary/aromatic N) is 1. The first-order chi connectivity index (χ1) is 11.5. The van der Waals surface area contributed by atoms with Gasteiger partial charge < -0.3 is 14.2 Å². The molecule has 0 spiro atoms. The van der Waals surface area contributed by atoms with Gasteiger partial charge in [0.05, 0.1) is 11.3 Å². The lowest BCUT2D eigenvalue weighted by Crippen LogP contribution is -2.46. The van der Waals surface area contributed by atoms with Gasteiger partial charge in [-0.2, -0.15) is 0 Å². The van der Waals surface area contributed by atoms with Crippen LogP contribution < -0.4 is 0 Å². The molecule has 0 unspecified atom stereocenters. The number of ether oxygens (including phenoxy) is 3. The van der Waals surface area contributed by atoms with E-state index in [1.807, 2.05) is 0 Å². The van der Waals surface area contributed by atoms with E-state index in [1.165, 1.54) is 20.1 Å². The molecule has 0 atom stereocenters. The van der Waals surface area contributed by atoms with Crippen molar-refractivity contribution in [1.29, 1.82) is 0 Å². The summed E-state index contributed by atoms with van der Waals surface area (Å²) in [6.45, 7) is 8.31. The van der Waals surface area contributed by atoms with Crippen molar-refractivity contribution in [2.75, 3.05) is 0 Å². The Morgan fingerprint density at radius 1 is 1.12 bits per heavy atom. The van der Waals surface area contributed by atoms with Crippen LogP contribution in [-0.4, -0.2) is 35.5 Å². The lowest BCUT2D eigenvalue weighted by molar-refractivity contribution is -0.235. The maximum absolute atomic E-state index is 11.9. The summed E-state index contributed by atoms with van der Waals surface area (Å²) in [5, 5.41) is 0. The molecule has 0 amide bonds. The first-order valence-corrected chi connectivity index (χ1v) is 7.80. The quantitative estimate of drug-likeness (QED) is 0.474. The fourth-order valence-electron chi connectivity index (χ4n) is 2.03. The highest BCUT2D eigenvalue weighted by molar-refractivity contribution is 6.10. The number of hydrogen-bond acceptors (Lipinski definition) is 7. The zero-order valence-corrected chi connectivity index (χ0v) is 14.9. The minimum Gasteiger partial charge on any atom is -0.456 e. The predicted octanol–water partition coefficient (Wildman–Crippen LogP) is 2.80. The van der Waals surface area contributed by atoms with Crippen molar-refractivity contribution in [3.8, 4) is 0 Å². The van der Waals surface area contributed by atoms with Gasteiger partial charge in [-0.1, -0.05) is 0 Å². The summed E-state index contributed by atoms with van der Waals surface area (Å²) < 4.78 is 15.3. The van der Waals surface area contributed by atoms with Crippen molar-refractivity contribution in [3.05, 3.63) is 29.8 Å². The van der Waals surface area contributed by atoms with Gasteiger partial charge in [0.2, 0.25) is 0 Å². The number of cyclic esters (lactones) is 2. The molecular formula is C18H21NO6. The Bertz CT molecular complexity index is 692. The third-order valence-corrected chi connectivity index (χ3v) is 3.08. The molecule has 0 radical (unpaired) electrons. The van der Waals surface area contributed by atoms with Crippen molar-refractivity contribution in [1.82, 2.24) is 0 Å². The average molecular weight is 347 g/mol. The van der Waals surface area contributed by atoms with Crippen LogP contribution in [0.1, 0.15) is 45.0 Å². The fraction of sp³-hybridized carbons (Fsp3) is 0.444. The highest BCUT2D eigenvalue weighted by atomic mass is 16.7. The van der Waals surface area contributed by atoms with Crippen molar-refractivity contribution < 1.29 is 28.6 Å². The molecule has 1 fully saturated rings. The Morgan fingerprint density at radius 2 is 1.64 bits per heavy atom. The van der Waals surface area contributed by atoms with Gasteiger partial charge in [0.1, 0.15) is 5.60 Å². The average Bonchev–Trinajstić information content (AvgIpc) is 2.44. The third-order valence-electron chi connectivity index (χ3n) is 3.08. The maximum atomic E-state index is 11.9. The van der Waals surface area contributed by atoms with Gasteiger partial charge in [-0.15, -0.1) is 0 Å². The van der Waals surface area contributed by atoms with Gasteiger partial charge in [0.25, 0.3) is 5.79 Å². The molecule has 0 bridgehead atoms. The van der Waals surface area contributed by atoms with E-state index in [9.17, 15) is 14.4 Å². The molecule has 1 heterocycles. The van der Waals surface area contributed by atoms with Crippen LogP contribution in [0.2, 0.25) is 0 Å². The number of hydrogen-bond donors (Lipinski definition) is 0. The summed E-state index contributed by atoms with van der Waals surface area (Å²) in [5.41, 5.74) is 0.272. The smallest absolute Gasteiger partial charge is 0.338 e. The number of esters is 3. The molecule has 2 rings (SSSR count). The largest absolute Gasteiger partial charge is 0.456 e. The Hall–Kier alpha value is -2.70. The van der Waals surface area contributed by atoms with E-state index in [4.69, 9.17) is 14.2 Å². The minimum absolute atomic E-state index is 0.382. The van der Waals surface area contributed by atoms with E-state index in [0.29, 0.717) is 11.3 Å². The van der Waals surface area contributed by atoms with Crippen LogP contribution in [0, 0.1) is 5.92 Å². The van der Waals surface area contributed by atoms with Gasteiger partial charge in [-0.3, -0.25) is 14.6 Å². The molecule has 0 saturated carbocycles. The molecule has 1 aromatic rings. The van der Waals surface area contributed by atoms with Crippen LogP contribution in [0.25, 0.3) is 0 Å². The van der Waals surface area contributed by atoms with Gasteiger partial charge in [0.15, 0.2) is 5.92 Å². The summed E-state index contributed by atoms with van der Waals surface area (Å²) in [6, 6.07) is 6.28. The van der Waals surface area contributed by atoms with Crippen molar-refractivity contribution in [2.24, 2.45) is 10.9 Å². The van der Waals surface area contributed by atoms with Crippen LogP contribution in [0.5, 0.6) is 0 Å². The molecule has 25 heavy (non-hydrogen) atoms. The standard InChI is InChI=1S/C18H21NO6/c1-17(2,3)23-14(20)11-6-8-12(9-7-11)19-10-13-15(21)24-18(4,5)25-16(13)22/h6-10,13H,1-5H3. The fourth-order valence-corrected chi connectivity index (χ4v) is 2.03. The molecule has 1 saturated heterocycles. The van der Waals surface area contributed by atoms with Gasteiger partial charge in [-0.05, 0) is 45.0 Å². The Kier molecular flexibility index (Phi) is 4.97. The van der Waals surface area contributed by atoms with E-state index in [1.54, 1.807) is 45.0 Å². The molecule has 7 nitrogen and oxygen atoms in total. The summed E-state index contributed by atoms with van der Waals surface area (Å²) in [6.07, 6.45) is 1.17. The zero-order valence-electron chi connectivity index (χ0n) is 14.9. The van der Waals surface area contributed by atoms with Crippen LogP contribution in [0.4, 0.5) is 5.69 Å². The van der Waals surface area contributed by atoms with Crippen LogP contribution in [0.3, 0.4) is 0 Å². The Balaban J connectivity index is 2.06. The topological polar surface area (TPSA) is 91.3 Å². The number of rotatable bonds is 3. The number of benzene rings is 1. The highest BCUT2D eigenvalue weighted by Crippen LogP contribution is 2.23. The Morgan fingerprint density at radius 3 is 2.12 bits per heavy atom. The molecule has 0 aromatic heterocycles. The van der Waals surface area contributed by atoms with E-state index in [2.05, 4.69) is 4.99 Å². The number of carbonyl (C=O) groups excluding carboxylic acids is 3. The summed E-state index contributed by atoms with van der Waals surface area (Å²) in [4.78, 5) is 39.7. The van der Waals surface area contributed by atoms with Crippen molar-refractivity contribution in [3.63, 3.8) is 0 Å². The second kappa shape index (κ2) is 6.66. The van der Waals surface area contributed by atoms with Crippen molar-refractivity contribution >= 4 is 29.8 Å². The van der Waals surface area contributed by atoms with E-state index < -0.39 is 35.2 Å². The van der Waals surface area contributed by atoms with Crippen molar-refractivity contribution in [2.45, 2.75) is 46.0 Å². The Labute approximate surface area is 146 Å². The van der Waals surface area contributed by atoms with Crippen LogP contribution in [-0.2, 0) is 23.8 Å². The highest BCUT2D eigenvalue weighted by Gasteiger charge is 2.42. The second-order valence-corrected chi connectivity index (χ2v) is 7.05. The van der Waals surface area contributed by atoms with E-state index in [0.717, 1.165) is 0 Å². The first kappa shape index (κ1) is 18.6. The summed E-state index contributed by atoms with van der Waals surface area (Å²) >= 11 is 0. The predicted molar refractivity (Wildman–Crippen MR) is 89.5 cm³/mol. The molecule has 1 aliphatic rings. The third kappa shape index (κ3) is 5.14. The first-order valence-electron chi connectivity index (χ1n) is 7.80. The number of carbonyl (C=O) groups is 3.